The largest absolute Gasteiger partial charge is 0.454 e. The second-order valence-corrected chi connectivity index (χ2v) is 20.8. The minimum absolute atomic E-state index is 0.802. The molecule has 10 aromatic carbocycles. The zero-order chi connectivity index (χ0) is 52.5. The third-order valence-corrected chi connectivity index (χ3v) is 15.9. The van der Waals surface area contributed by atoms with Gasteiger partial charge in [-0.3, -0.25) is 9.97 Å². The maximum atomic E-state index is 7.34. The van der Waals surface area contributed by atoms with Crippen LogP contribution >= 0.6 is 0 Å². The fourth-order valence-electron chi connectivity index (χ4n) is 12.2. The topological polar surface area (TPSA) is 45.4 Å². The van der Waals surface area contributed by atoms with Gasteiger partial charge in [0.2, 0.25) is 0 Å². The summed E-state index contributed by atoms with van der Waals surface area (Å²) in [7, 11) is 0. The highest BCUT2D eigenvalue weighted by Crippen LogP contribution is 2.64. The van der Waals surface area contributed by atoms with Crippen LogP contribution in [0.1, 0.15) is 44.8 Å². The number of rotatable bonds is 10. The van der Waals surface area contributed by atoms with Gasteiger partial charge in [0, 0.05) is 38.9 Å². The maximum absolute atomic E-state index is 7.34. The average Bonchev–Trinajstić information content (AvgIpc) is 4.11. The summed E-state index contributed by atoms with van der Waals surface area (Å²) < 4.78 is 7.34. The van der Waals surface area contributed by atoms with Crippen molar-refractivity contribution in [2.24, 2.45) is 0 Å². The van der Waals surface area contributed by atoms with E-state index in [0.29, 0.717) is 0 Å². The lowest BCUT2D eigenvalue weighted by molar-refractivity contribution is 0.668. The molecule has 0 saturated carbocycles. The Bertz CT molecular complexity index is 4310. The molecule has 3 heterocycles. The van der Waals surface area contributed by atoms with Crippen LogP contribution in [0.2, 0.25) is 0 Å². The van der Waals surface area contributed by atoms with E-state index in [1.54, 1.807) is 0 Å². The van der Waals surface area contributed by atoms with Gasteiger partial charge in [0.1, 0.15) is 5.58 Å². The Balaban J connectivity index is 1.13. The number of anilines is 6. The molecule has 0 N–H and O–H groups in total. The van der Waals surface area contributed by atoms with Crippen molar-refractivity contribution in [3.8, 4) is 33.4 Å². The molecule has 0 unspecified atom stereocenters. The molecule has 1 aliphatic carbocycles. The highest BCUT2D eigenvalue weighted by Gasteiger charge is 2.49. The highest BCUT2D eigenvalue weighted by molar-refractivity contribution is 6.23. The van der Waals surface area contributed by atoms with Crippen LogP contribution in [-0.4, -0.2) is 9.97 Å². The Morgan fingerprint density at radius 1 is 0.359 bits per heavy atom. The molecule has 3 aromatic heterocycles. The van der Waals surface area contributed by atoms with E-state index in [-0.39, 0.29) is 0 Å². The van der Waals surface area contributed by atoms with Crippen molar-refractivity contribution < 1.29 is 4.42 Å². The zero-order valence-corrected chi connectivity index (χ0v) is 43.9. The Morgan fingerprint density at radius 3 is 1.29 bits per heavy atom. The molecular weight excluding hydrogens is 949 g/mol. The molecule has 0 radical (unpaired) electrons. The van der Waals surface area contributed by atoms with Gasteiger partial charge in [-0.15, -0.1) is 0 Å². The van der Waals surface area contributed by atoms with Crippen LogP contribution in [0, 0.1) is 27.7 Å². The Kier molecular flexibility index (Phi) is 11.2. The molecule has 0 bridgehead atoms. The third kappa shape index (κ3) is 7.61. The lowest BCUT2D eigenvalue weighted by atomic mass is 9.67. The Hall–Kier alpha value is -9.84. The van der Waals surface area contributed by atoms with Crippen molar-refractivity contribution in [2.75, 3.05) is 9.80 Å². The Morgan fingerprint density at radius 2 is 0.782 bits per heavy atom. The second kappa shape index (κ2) is 18.8. The summed E-state index contributed by atoms with van der Waals surface area (Å²) in [6, 6.07) is 88.6. The minimum atomic E-state index is -0.852. The van der Waals surface area contributed by atoms with Gasteiger partial charge in [-0.1, -0.05) is 187 Å². The van der Waals surface area contributed by atoms with E-state index in [1.165, 1.54) is 44.5 Å². The van der Waals surface area contributed by atoms with Crippen LogP contribution in [0.5, 0.6) is 0 Å². The van der Waals surface area contributed by atoms with Gasteiger partial charge in [0.05, 0.1) is 40.6 Å². The van der Waals surface area contributed by atoms with Gasteiger partial charge >= 0.3 is 0 Å². The van der Waals surface area contributed by atoms with Crippen LogP contribution in [0.15, 0.2) is 259 Å². The summed E-state index contributed by atoms with van der Waals surface area (Å²) in [5.74, 6) is 0. The number of furan rings is 1. The molecule has 372 valence electrons. The average molecular weight is 1000 g/mol. The molecule has 0 saturated heterocycles. The van der Waals surface area contributed by atoms with E-state index >= 15 is 0 Å². The minimum Gasteiger partial charge on any atom is -0.454 e. The fourth-order valence-corrected chi connectivity index (χ4v) is 12.2. The van der Waals surface area contributed by atoms with Crippen molar-refractivity contribution in [1.29, 1.82) is 0 Å². The van der Waals surface area contributed by atoms with Gasteiger partial charge in [0.15, 0.2) is 5.58 Å². The van der Waals surface area contributed by atoms with Gasteiger partial charge in [0.25, 0.3) is 0 Å². The van der Waals surface area contributed by atoms with Crippen LogP contribution in [0.3, 0.4) is 0 Å². The number of fused-ring (bicyclic) bond motifs is 9. The van der Waals surface area contributed by atoms with Crippen molar-refractivity contribution in [3.05, 3.63) is 300 Å². The standard InChI is InChI=1S/C73H54N4O/c1-47-23-33-55(34-24-47)73(56-35-25-48(2)26-36-56)64-43-66(76(59-37-27-49(3)74-45-59)57-39-29-53(30-40-57)51-15-7-5-8-16-51)61-19-11-12-20-62(61)69(64)71-65(73)44-67(72-70(71)63-21-13-14-22-68(63)78-72)77(60-38-28-50(4)75-46-60)58-41-31-54(32-42-58)52-17-9-6-10-18-52/h5-46H,1-4H3. The molecule has 0 atom stereocenters. The molecule has 0 spiro atoms. The van der Waals surface area contributed by atoms with E-state index in [4.69, 9.17) is 14.4 Å². The van der Waals surface area contributed by atoms with Gasteiger partial charge in [-0.25, -0.2) is 0 Å². The predicted octanol–water partition coefficient (Wildman–Crippen LogP) is 19.4. The molecule has 5 heteroatoms. The third-order valence-electron chi connectivity index (χ3n) is 15.9. The van der Waals surface area contributed by atoms with Crippen LogP contribution < -0.4 is 9.80 Å². The van der Waals surface area contributed by atoms with Crippen molar-refractivity contribution in [1.82, 2.24) is 9.97 Å². The molecule has 0 amide bonds. The summed E-state index contributed by atoms with van der Waals surface area (Å²) >= 11 is 0. The maximum Gasteiger partial charge on any atom is 0.160 e. The van der Waals surface area contributed by atoms with Crippen molar-refractivity contribution in [2.45, 2.75) is 33.1 Å². The number of hydrogen-bond acceptors (Lipinski definition) is 5. The van der Waals surface area contributed by atoms with Crippen LogP contribution in [0.25, 0.3) is 66.1 Å². The predicted molar refractivity (Wildman–Crippen MR) is 323 cm³/mol. The van der Waals surface area contributed by atoms with Gasteiger partial charge in [-0.2, -0.15) is 0 Å². The summed E-state index contributed by atoms with van der Waals surface area (Å²) in [6.07, 6.45) is 4.00. The van der Waals surface area contributed by atoms with E-state index in [0.717, 1.165) is 100 Å². The second-order valence-electron chi connectivity index (χ2n) is 20.8. The quantitative estimate of drug-likeness (QED) is 0.137. The molecule has 0 aliphatic heterocycles. The van der Waals surface area contributed by atoms with E-state index < -0.39 is 5.41 Å². The molecule has 14 rings (SSSR count). The summed E-state index contributed by atoms with van der Waals surface area (Å²) in [4.78, 5) is 14.6. The van der Waals surface area contributed by atoms with Crippen molar-refractivity contribution in [3.63, 3.8) is 0 Å². The number of para-hydroxylation sites is 1. The summed E-state index contributed by atoms with van der Waals surface area (Å²) in [6.45, 7) is 8.44. The van der Waals surface area contributed by atoms with E-state index in [2.05, 4.69) is 266 Å². The number of hydrogen-bond donors (Lipinski definition) is 0. The first-order chi connectivity index (χ1) is 38.3. The summed E-state index contributed by atoms with van der Waals surface area (Å²) in [5.41, 5.74) is 22.6. The van der Waals surface area contributed by atoms with Gasteiger partial charge in [-0.05, 0) is 155 Å². The normalized spacial score (nSPS) is 12.5. The lowest BCUT2D eigenvalue weighted by Crippen LogP contribution is -2.29. The SMILES string of the molecule is Cc1ccc(C2(c3ccc(C)cc3)c3cc(N(c4ccc(-c5ccccc5)cc4)c4ccc(C)nc4)c4ccccc4c3-c3c2cc(N(c2ccc(-c4ccccc4)cc2)c2ccc(C)nc2)c2oc4ccccc4c32)cc1. The number of aromatic nitrogens is 2. The number of benzene rings is 10. The van der Waals surface area contributed by atoms with Crippen LogP contribution in [-0.2, 0) is 5.41 Å². The van der Waals surface area contributed by atoms with E-state index in [9.17, 15) is 0 Å². The first-order valence-corrected chi connectivity index (χ1v) is 26.8. The lowest BCUT2D eigenvalue weighted by Gasteiger charge is -2.36. The van der Waals surface area contributed by atoms with Gasteiger partial charge < -0.3 is 14.2 Å². The van der Waals surface area contributed by atoms with E-state index in [1.807, 2.05) is 26.2 Å². The number of aryl methyl sites for hydroxylation is 4. The zero-order valence-electron chi connectivity index (χ0n) is 43.9. The molecular formula is C73H54N4O. The Labute approximate surface area is 455 Å². The molecule has 5 nitrogen and oxygen atoms in total. The molecule has 1 aliphatic rings. The first kappa shape index (κ1) is 46.7. The highest BCUT2D eigenvalue weighted by atomic mass is 16.3. The fraction of sp³-hybridized carbons (Fsp3) is 0.0685. The number of nitrogens with zero attached hydrogens (tertiary/aromatic N) is 4. The number of pyridine rings is 2. The molecule has 0 fully saturated rings. The van der Waals surface area contributed by atoms with Crippen molar-refractivity contribution >= 4 is 66.8 Å². The monoisotopic (exact) mass is 1000 g/mol. The molecule has 13 aromatic rings. The summed E-state index contributed by atoms with van der Waals surface area (Å²) in [5, 5.41) is 4.39. The van der Waals surface area contributed by atoms with Crippen LogP contribution in [0.4, 0.5) is 34.1 Å². The smallest absolute Gasteiger partial charge is 0.160 e. The molecule has 78 heavy (non-hydrogen) atoms. The first-order valence-electron chi connectivity index (χ1n) is 26.8.